The third kappa shape index (κ3) is 6.98. The number of hydrogen-bond acceptors (Lipinski definition) is 1. The molecular weight excluding hydrogens is 480 g/mol. The molecule has 9 heteroatoms. The van der Waals surface area contributed by atoms with Gasteiger partial charge in [0.15, 0.2) is 11.6 Å². The molecule has 1 aliphatic carbocycles. The first-order valence-corrected chi connectivity index (χ1v) is 11.5. The number of benzene rings is 2. The number of ether oxygens (including phenoxy) is 1. The minimum Gasteiger partial charge on any atom is -0.427 e. The Balaban J connectivity index is 1.66. The lowest BCUT2D eigenvalue weighted by Gasteiger charge is -2.28. The third-order valence-corrected chi connectivity index (χ3v) is 6.28. The van der Waals surface area contributed by atoms with Crippen LogP contribution in [0.4, 0.5) is 35.1 Å². The second-order valence-corrected chi connectivity index (χ2v) is 8.88. The molecule has 2 aromatic rings. The fraction of sp³-hybridized carbons (Fsp3) is 0.462. The molecular formula is C26H26F8O. The van der Waals surface area contributed by atoms with Gasteiger partial charge >= 0.3 is 12.3 Å². The van der Waals surface area contributed by atoms with Crippen molar-refractivity contribution in [2.45, 2.75) is 69.8 Å². The summed E-state index contributed by atoms with van der Waals surface area (Å²) in [5, 5.41) is 0. The van der Waals surface area contributed by atoms with Gasteiger partial charge in [0.05, 0.1) is 0 Å². The summed E-state index contributed by atoms with van der Waals surface area (Å²) in [6.07, 6.45) is -6.48. The first-order chi connectivity index (χ1) is 16.4. The van der Waals surface area contributed by atoms with E-state index >= 15 is 0 Å². The monoisotopic (exact) mass is 506 g/mol. The molecule has 0 bridgehead atoms. The molecule has 192 valence electrons. The van der Waals surface area contributed by atoms with Crippen LogP contribution in [0.15, 0.2) is 36.4 Å². The van der Waals surface area contributed by atoms with Crippen LogP contribution in [0, 0.1) is 17.6 Å². The molecule has 0 saturated heterocycles. The predicted octanol–water partition coefficient (Wildman–Crippen LogP) is 9.08. The summed E-state index contributed by atoms with van der Waals surface area (Å²) in [5.41, 5.74) is 1.27. The van der Waals surface area contributed by atoms with Crippen LogP contribution >= 0.6 is 0 Å². The van der Waals surface area contributed by atoms with Crippen molar-refractivity contribution >= 4 is 12.2 Å². The van der Waals surface area contributed by atoms with Crippen LogP contribution in [0.1, 0.15) is 68.1 Å². The highest BCUT2D eigenvalue weighted by Crippen LogP contribution is 2.39. The summed E-state index contributed by atoms with van der Waals surface area (Å²) in [6.45, 7) is 2.17. The Kier molecular flexibility index (Phi) is 8.49. The Hall–Kier alpha value is -2.58. The van der Waals surface area contributed by atoms with Gasteiger partial charge in [-0.1, -0.05) is 50.1 Å². The SMILES string of the molecule is CCCC1CCC(c2ccc(C=Cc3ccc(OC(F)(F)C(F)C(F)(F)F)c(F)c3)c(F)c2)CC1. The predicted molar refractivity (Wildman–Crippen MR) is 118 cm³/mol. The van der Waals surface area contributed by atoms with E-state index < -0.39 is 35.8 Å². The van der Waals surface area contributed by atoms with Gasteiger partial charge in [-0.3, -0.25) is 0 Å². The topological polar surface area (TPSA) is 9.23 Å². The van der Waals surface area contributed by atoms with E-state index in [2.05, 4.69) is 11.7 Å². The van der Waals surface area contributed by atoms with Crippen molar-refractivity contribution in [2.75, 3.05) is 0 Å². The Morgan fingerprint density at radius 1 is 0.914 bits per heavy atom. The van der Waals surface area contributed by atoms with Gasteiger partial charge < -0.3 is 4.74 Å². The molecule has 1 aliphatic rings. The first kappa shape index (κ1) is 27.0. The number of halogens is 8. The lowest BCUT2D eigenvalue weighted by Crippen LogP contribution is -2.45. The average Bonchev–Trinajstić information content (AvgIpc) is 2.79. The van der Waals surface area contributed by atoms with E-state index in [-0.39, 0.29) is 11.1 Å². The zero-order chi connectivity index (χ0) is 25.8. The van der Waals surface area contributed by atoms with E-state index in [1.165, 1.54) is 24.6 Å². The van der Waals surface area contributed by atoms with Crippen molar-refractivity contribution in [3.8, 4) is 5.75 Å². The van der Waals surface area contributed by atoms with Gasteiger partial charge in [0.25, 0.3) is 6.17 Å². The van der Waals surface area contributed by atoms with Gasteiger partial charge in [-0.15, -0.1) is 0 Å². The molecule has 1 atom stereocenters. The van der Waals surface area contributed by atoms with Crippen LogP contribution in [0.2, 0.25) is 0 Å². The van der Waals surface area contributed by atoms with Crippen LogP contribution in [0.3, 0.4) is 0 Å². The van der Waals surface area contributed by atoms with Gasteiger partial charge in [-0.25, -0.2) is 13.2 Å². The number of alkyl halides is 6. The second-order valence-electron chi connectivity index (χ2n) is 8.88. The van der Waals surface area contributed by atoms with Crippen molar-refractivity contribution in [2.24, 2.45) is 5.92 Å². The average molecular weight is 506 g/mol. The summed E-state index contributed by atoms with van der Waals surface area (Å²) < 4.78 is 109. The third-order valence-electron chi connectivity index (χ3n) is 6.28. The lowest BCUT2D eigenvalue weighted by molar-refractivity contribution is -0.305. The molecule has 1 unspecified atom stereocenters. The van der Waals surface area contributed by atoms with Crippen molar-refractivity contribution in [3.05, 3.63) is 64.7 Å². The van der Waals surface area contributed by atoms with E-state index in [1.807, 2.05) is 6.07 Å². The second kappa shape index (κ2) is 11.0. The molecule has 0 heterocycles. The van der Waals surface area contributed by atoms with Gasteiger partial charge in [0, 0.05) is 5.56 Å². The molecule has 1 saturated carbocycles. The minimum atomic E-state index is -5.88. The van der Waals surface area contributed by atoms with Crippen LogP contribution in [0.5, 0.6) is 5.75 Å². The fourth-order valence-electron chi connectivity index (χ4n) is 4.40. The van der Waals surface area contributed by atoms with Gasteiger partial charge in [-0.2, -0.15) is 22.0 Å². The van der Waals surface area contributed by atoms with E-state index in [1.54, 1.807) is 6.07 Å². The normalized spacial score (nSPS) is 20.3. The quantitative estimate of drug-likeness (QED) is 0.256. The molecule has 0 N–H and O–H groups in total. The summed E-state index contributed by atoms with van der Waals surface area (Å²) in [7, 11) is 0. The highest BCUT2D eigenvalue weighted by Gasteiger charge is 2.59. The van der Waals surface area contributed by atoms with Crippen molar-refractivity contribution in [3.63, 3.8) is 0 Å². The van der Waals surface area contributed by atoms with E-state index in [0.29, 0.717) is 18.1 Å². The van der Waals surface area contributed by atoms with Crippen molar-refractivity contribution in [1.82, 2.24) is 0 Å². The van der Waals surface area contributed by atoms with Gasteiger partial charge in [0.2, 0.25) is 0 Å². The molecule has 1 fully saturated rings. The Morgan fingerprint density at radius 2 is 1.60 bits per heavy atom. The molecule has 0 radical (unpaired) electrons. The standard InChI is InChI=1S/C26H26F8O/c1-2-3-16-4-8-18(9-5-16)20-12-11-19(21(27)15-20)10-6-17-7-13-23(22(28)14-17)35-26(33,34)24(29)25(30,31)32/h6-7,10-16,18,24H,2-5,8-9H2,1H3. The van der Waals surface area contributed by atoms with Crippen molar-refractivity contribution < 1.29 is 39.9 Å². The smallest absolute Gasteiger partial charge is 0.427 e. The van der Waals surface area contributed by atoms with E-state index in [0.717, 1.165) is 49.7 Å². The maximum atomic E-state index is 14.7. The molecule has 0 aromatic heterocycles. The summed E-state index contributed by atoms with van der Waals surface area (Å²) in [5.74, 6) is -2.10. The first-order valence-electron chi connectivity index (χ1n) is 11.5. The Labute approximate surface area is 198 Å². The van der Waals surface area contributed by atoms with Crippen LogP contribution in [-0.4, -0.2) is 18.5 Å². The number of rotatable bonds is 8. The van der Waals surface area contributed by atoms with Gasteiger partial charge in [-0.05, 0) is 66.8 Å². The lowest BCUT2D eigenvalue weighted by atomic mass is 9.77. The van der Waals surface area contributed by atoms with Crippen LogP contribution in [0.25, 0.3) is 12.2 Å². The van der Waals surface area contributed by atoms with Crippen molar-refractivity contribution in [1.29, 1.82) is 0 Å². The summed E-state index contributed by atoms with van der Waals surface area (Å²) in [4.78, 5) is 0. The van der Waals surface area contributed by atoms with Crippen LogP contribution < -0.4 is 4.74 Å². The maximum Gasteiger partial charge on any atom is 0.439 e. The molecule has 0 amide bonds. The summed E-state index contributed by atoms with van der Waals surface area (Å²) >= 11 is 0. The fourth-order valence-corrected chi connectivity index (χ4v) is 4.40. The number of hydrogen-bond donors (Lipinski definition) is 0. The molecule has 2 aromatic carbocycles. The zero-order valence-corrected chi connectivity index (χ0v) is 19.0. The van der Waals surface area contributed by atoms with Gasteiger partial charge in [0.1, 0.15) is 5.82 Å². The molecule has 3 rings (SSSR count). The minimum absolute atomic E-state index is 0.114. The zero-order valence-electron chi connectivity index (χ0n) is 19.0. The van der Waals surface area contributed by atoms with E-state index in [9.17, 15) is 35.1 Å². The molecule has 1 nitrogen and oxygen atoms in total. The Morgan fingerprint density at radius 3 is 2.17 bits per heavy atom. The maximum absolute atomic E-state index is 14.7. The highest BCUT2D eigenvalue weighted by atomic mass is 19.4. The highest BCUT2D eigenvalue weighted by molar-refractivity contribution is 5.70. The Bertz CT molecular complexity index is 1020. The summed E-state index contributed by atoms with van der Waals surface area (Å²) in [6, 6.07) is 7.38. The van der Waals surface area contributed by atoms with Crippen LogP contribution in [-0.2, 0) is 0 Å². The largest absolute Gasteiger partial charge is 0.439 e. The molecule has 0 aliphatic heterocycles. The molecule has 0 spiro atoms. The van der Waals surface area contributed by atoms with E-state index in [4.69, 9.17) is 0 Å². The molecule has 35 heavy (non-hydrogen) atoms.